The Labute approximate surface area is 109 Å². The number of aliphatic hydroxyl groups excluding tert-OH is 1. The normalized spacial score (nSPS) is 22.5. The minimum atomic E-state index is -1.10. The van der Waals surface area contributed by atoms with Crippen LogP contribution in [0.1, 0.15) is 12.2 Å². The molecule has 104 valence electrons. The molecule has 0 saturated carbocycles. The van der Waals surface area contributed by atoms with Crippen molar-refractivity contribution in [2.45, 2.75) is 25.0 Å². The van der Waals surface area contributed by atoms with Crippen molar-refractivity contribution in [2.24, 2.45) is 0 Å². The molecule has 2 atom stereocenters. The lowest BCUT2D eigenvalue weighted by atomic mass is 10.2. The van der Waals surface area contributed by atoms with Gasteiger partial charge in [-0.05, 0) is 0 Å². The van der Waals surface area contributed by atoms with Crippen molar-refractivity contribution in [1.82, 2.24) is 20.2 Å². The first-order valence-corrected chi connectivity index (χ1v) is 6.01. The first-order chi connectivity index (χ1) is 9.08. The lowest BCUT2D eigenvalue weighted by Crippen LogP contribution is -2.46. The van der Waals surface area contributed by atoms with E-state index in [1.807, 2.05) is 0 Å². The number of carboxylic acid groups (broad SMARTS) is 1. The molecule has 1 aromatic heterocycles. The summed E-state index contributed by atoms with van der Waals surface area (Å²) in [4.78, 5) is 30.9. The zero-order valence-corrected chi connectivity index (χ0v) is 10.2. The largest absolute Gasteiger partial charge is 0.480 e. The van der Waals surface area contributed by atoms with Crippen LogP contribution in [0.25, 0.3) is 0 Å². The van der Waals surface area contributed by atoms with Crippen LogP contribution in [0.2, 0.25) is 0 Å². The average Bonchev–Trinajstić information content (AvgIpc) is 2.98. The molecule has 1 aliphatic heterocycles. The summed E-state index contributed by atoms with van der Waals surface area (Å²) in [6.07, 6.45) is 3.13. The molecule has 1 saturated heterocycles. The Morgan fingerprint density at radius 2 is 2.37 bits per heavy atom. The van der Waals surface area contributed by atoms with Gasteiger partial charge in [-0.25, -0.2) is 14.6 Å². The average molecular weight is 268 g/mol. The summed E-state index contributed by atoms with van der Waals surface area (Å²) in [5, 5.41) is 21.0. The quantitative estimate of drug-likeness (QED) is 0.569. The number of rotatable bonds is 4. The van der Waals surface area contributed by atoms with Gasteiger partial charge in [0, 0.05) is 38.3 Å². The molecule has 0 aromatic carbocycles. The number of carbonyl (C=O) groups is 2. The highest BCUT2D eigenvalue weighted by Gasteiger charge is 2.38. The second kappa shape index (κ2) is 5.70. The molecule has 0 aliphatic carbocycles. The minimum absolute atomic E-state index is 0.0452. The van der Waals surface area contributed by atoms with E-state index in [4.69, 9.17) is 5.11 Å². The van der Waals surface area contributed by atoms with Crippen LogP contribution in [0, 0.1) is 0 Å². The summed E-state index contributed by atoms with van der Waals surface area (Å²) in [5.74, 6) is -0.353. The molecule has 1 aliphatic rings. The van der Waals surface area contributed by atoms with Gasteiger partial charge in [-0.3, -0.25) is 0 Å². The molecular weight excluding hydrogens is 252 g/mol. The number of likely N-dealkylation sites (tertiary alicyclic amines) is 1. The number of aromatic nitrogens is 2. The monoisotopic (exact) mass is 268 g/mol. The van der Waals surface area contributed by atoms with E-state index in [1.54, 1.807) is 12.4 Å². The highest BCUT2D eigenvalue weighted by molar-refractivity contribution is 5.83. The highest BCUT2D eigenvalue weighted by atomic mass is 16.4. The van der Waals surface area contributed by atoms with Crippen LogP contribution >= 0.6 is 0 Å². The third-order valence-corrected chi connectivity index (χ3v) is 3.02. The number of hydrogen-bond acceptors (Lipinski definition) is 4. The molecule has 4 N–H and O–H groups in total. The van der Waals surface area contributed by atoms with E-state index >= 15 is 0 Å². The van der Waals surface area contributed by atoms with E-state index in [1.165, 1.54) is 0 Å². The minimum Gasteiger partial charge on any atom is -0.480 e. The Bertz CT molecular complexity index is 448. The molecule has 2 rings (SSSR count). The maximum absolute atomic E-state index is 11.8. The van der Waals surface area contributed by atoms with E-state index in [0.29, 0.717) is 13.0 Å². The number of H-pyrrole nitrogens is 1. The number of carboxylic acids is 1. The van der Waals surface area contributed by atoms with E-state index in [9.17, 15) is 14.7 Å². The van der Waals surface area contributed by atoms with Crippen LogP contribution in [0.4, 0.5) is 4.79 Å². The Hall–Kier alpha value is -2.09. The molecule has 8 nitrogen and oxygen atoms in total. The van der Waals surface area contributed by atoms with Gasteiger partial charge in [-0.1, -0.05) is 0 Å². The molecule has 19 heavy (non-hydrogen) atoms. The number of nitrogens with zero attached hydrogens (tertiary/aromatic N) is 2. The van der Waals surface area contributed by atoms with Gasteiger partial charge in [0.25, 0.3) is 0 Å². The molecule has 2 amide bonds. The number of nitrogens with one attached hydrogen (secondary N) is 2. The summed E-state index contributed by atoms with van der Waals surface area (Å²) in [6, 6.07) is -1.44. The molecular formula is C11H16N4O4. The molecule has 2 heterocycles. The van der Waals surface area contributed by atoms with Crippen molar-refractivity contribution < 1.29 is 19.8 Å². The van der Waals surface area contributed by atoms with Gasteiger partial charge in [-0.15, -0.1) is 0 Å². The van der Waals surface area contributed by atoms with Crippen molar-refractivity contribution in [2.75, 3.05) is 13.1 Å². The summed E-state index contributed by atoms with van der Waals surface area (Å²) >= 11 is 0. The van der Waals surface area contributed by atoms with Crippen LogP contribution in [-0.2, 0) is 11.2 Å². The fourth-order valence-corrected chi connectivity index (χ4v) is 2.10. The topological polar surface area (TPSA) is 119 Å². The maximum atomic E-state index is 11.8. The predicted octanol–water partition coefficient (Wildman–Crippen LogP) is -0.818. The Morgan fingerprint density at radius 1 is 1.58 bits per heavy atom. The summed E-state index contributed by atoms with van der Waals surface area (Å²) < 4.78 is 0. The van der Waals surface area contributed by atoms with Crippen LogP contribution in [0.15, 0.2) is 12.4 Å². The van der Waals surface area contributed by atoms with Gasteiger partial charge >= 0.3 is 12.0 Å². The van der Waals surface area contributed by atoms with Crippen molar-refractivity contribution >= 4 is 12.0 Å². The van der Waals surface area contributed by atoms with Crippen LogP contribution in [0.5, 0.6) is 0 Å². The van der Waals surface area contributed by atoms with Crippen LogP contribution < -0.4 is 5.32 Å². The second-order valence-electron chi connectivity index (χ2n) is 4.41. The summed E-state index contributed by atoms with van der Waals surface area (Å²) in [5.41, 5.74) is 0. The van der Waals surface area contributed by atoms with Gasteiger partial charge in [0.2, 0.25) is 0 Å². The second-order valence-corrected chi connectivity index (χ2v) is 4.41. The lowest BCUT2D eigenvalue weighted by Gasteiger charge is -2.21. The van der Waals surface area contributed by atoms with Gasteiger partial charge in [0.15, 0.2) is 0 Å². The highest BCUT2D eigenvalue weighted by Crippen LogP contribution is 2.17. The van der Waals surface area contributed by atoms with E-state index in [0.717, 1.165) is 10.7 Å². The zero-order chi connectivity index (χ0) is 13.8. The number of aliphatic carboxylic acids is 1. The van der Waals surface area contributed by atoms with E-state index in [-0.39, 0.29) is 13.0 Å². The summed E-state index contributed by atoms with van der Waals surface area (Å²) in [7, 11) is 0. The van der Waals surface area contributed by atoms with Gasteiger partial charge in [0.1, 0.15) is 11.9 Å². The van der Waals surface area contributed by atoms with Crippen molar-refractivity contribution in [3.63, 3.8) is 0 Å². The first kappa shape index (κ1) is 13.3. The van der Waals surface area contributed by atoms with Crippen LogP contribution in [-0.4, -0.2) is 62.3 Å². The fraction of sp³-hybridized carbons (Fsp3) is 0.545. The molecule has 8 heteroatoms. The van der Waals surface area contributed by atoms with Crippen LogP contribution in [0.3, 0.4) is 0 Å². The SMILES string of the molecule is O=C(O)[C@@H]1CC(O)CN1C(=O)NCCc1ncc[nH]1. The molecule has 1 fully saturated rings. The molecule has 1 unspecified atom stereocenters. The van der Waals surface area contributed by atoms with E-state index in [2.05, 4.69) is 15.3 Å². The fourth-order valence-electron chi connectivity index (χ4n) is 2.10. The Balaban J connectivity index is 1.83. The molecule has 0 spiro atoms. The van der Waals surface area contributed by atoms with E-state index < -0.39 is 24.1 Å². The van der Waals surface area contributed by atoms with Gasteiger partial charge in [-0.2, -0.15) is 0 Å². The van der Waals surface area contributed by atoms with Crippen molar-refractivity contribution in [3.8, 4) is 0 Å². The molecule has 1 aromatic rings. The standard InChI is InChI=1S/C11H16N4O4/c16-7-5-8(10(17)18)15(6-7)11(19)14-2-1-9-12-3-4-13-9/h3-4,7-8,16H,1-2,5-6H2,(H,12,13)(H,14,19)(H,17,18)/t7?,8-/m0/s1. The van der Waals surface area contributed by atoms with Crippen molar-refractivity contribution in [1.29, 1.82) is 0 Å². The molecule has 0 radical (unpaired) electrons. The summed E-state index contributed by atoms with van der Waals surface area (Å²) in [6.45, 7) is 0.398. The number of imidazole rings is 1. The third-order valence-electron chi connectivity index (χ3n) is 3.02. The molecule has 0 bridgehead atoms. The number of β-amino-alcohol motifs (C(OH)–C–C–N with tert-alkyl or cyclic N) is 1. The zero-order valence-electron chi connectivity index (χ0n) is 10.2. The maximum Gasteiger partial charge on any atom is 0.326 e. The third kappa shape index (κ3) is 3.22. The Morgan fingerprint density at radius 3 is 3.00 bits per heavy atom. The van der Waals surface area contributed by atoms with Gasteiger partial charge in [0.05, 0.1) is 6.10 Å². The number of carbonyl (C=O) groups excluding carboxylic acids is 1. The smallest absolute Gasteiger partial charge is 0.326 e. The Kier molecular flexibility index (Phi) is 4.00. The number of aromatic amines is 1. The number of aliphatic hydroxyl groups is 1. The number of amides is 2. The number of hydrogen-bond donors (Lipinski definition) is 4. The number of urea groups is 1. The van der Waals surface area contributed by atoms with Gasteiger partial charge < -0.3 is 25.4 Å². The van der Waals surface area contributed by atoms with Crippen molar-refractivity contribution in [3.05, 3.63) is 18.2 Å². The predicted molar refractivity (Wildman–Crippen MR) is 64.4 cm³/mol. The first-order valence-electron chi connectivity index (χ1n) is 6.01. The lowest BCUT2D eigenvalue weighted by molar-refractivity contribution is -0.141.